The summed E-state index contributed by atoms with van der Waals surface area (Å²) in [6.07, 6.45) is 0. The van der Waals surface area contributed by atoms with Gasteiger partial charge >= 0.3 is 11.7 Å². The molecule has 0 radical (unpaired) electrons. The van der Waals surface area contributed by atoms with Crippen molar-refractivity contribution in [3.05, 3.63) is 69.5 Å². The summed E-state index contributed by atoms with van der Waals surface area (Å²) in [4.78, 5) is 21.3. The van der Waals surface area contributed by atoms with Gasteiger partial charge in [-0.05, 0) is 23.8 Å². The van der Waals surface area contributed by atoms with E-state index in [4.69, 9.17) is 9.84 Å². The van der Waals surface area contributed by atoms with Gasteiger partial charge in [-0.25, -0.2) is 9.18 Å². The Bertz CT molecular complexity index is 669. The van der Waals surface area contributed by atoms with E-state index in [0.717, 1.165) is 6.07 Å². The third-order valence-electron chi connectivity index (χ3n) is 2.69. The van der Waals surface area contributed by atoms with Gasteiger partial charge in [0, 0.05) is 6.07 Å². The Morgan fingerprint density at radius 1 is 1.29 bits per heavy atom. The monoisotopic (exact) mass is 291 g/mol. The van der Waals surface area contributed by atoms with Crippen LogP contribution < -0.4 is 4.74 Å². The molecule has 0 bridgehead atoms. The Labute approximate surface area is 118 Å². The molecule has 0 aliphatic carbocycles. The molecule has 0 aromatic heterocycles. The summed E-state index contributed by atoms with van der Waals surface area (Å²) < 4.78 is 18.3. The highest BCUT2D eigenvalue weighted by atomic mass is 19.1. The fourth-order valence-electron chi connectivity index (χ4n) is 1.77. The molecule has 0 heterocycles. The quantitative estimate of drug-likeness (QED) is 0.675. The third-order valence-corrected chi connectivity index (χ3v) is 2.69. The molecule has 0 amide bonds. The minimum absolute atomic E-state index is 0.178. The lowest BCUT2D eigenvalue weighted by Crippen LogP contribution is -2.06. The van der Waals surface area contributed by atoms with Crippen molar-refractivity contribution in [2.75, 3.05) is 0 Å². The van der Waals surface area contributed by atoms with Gasteiger partial charge in [0.15, 0.2) is 0 Å². The van der Waals surface area contributed by atoms with Gasteiger partial charge in [0.1, 0.15) is 18.0 Å². The summed E-state index contributed by atoms with van der Waals surface area (Å²) in [6.45, 7) is -0.178. The molecule has 7 heteroatoms. The van der Waals surface area contributed by atoms with Crippen molar-refractivity contribution in [1.82, 2.24) is 0 Å². The molecule has 2 rings (SSSR count). The van der Waals surface area contributed by atoms with Crippen LogP contribution in [0.5, 0.6) is 5.75 Å². The fourth-order valence-corrected chi connectivity index (χ4v) is 1.77. The average molecular weight is 291 g/mol. The highest BCUT2D eigenvalue weighted by Crippen LogP contribution is 2.31. The number of para-hydroxylation sites is 1. The number of nitro groups is 1. The minimum Gasteiger partial charge on any atom is -0.481 e. The number of hydrogen-bond acceptors (Lipinski definition) is 4. The molecule has 0 fully saturated rings. The first-order chi connectivity index (χ1) is 9.99. The number of nitro benzene ring substituents is 1. The number of halogens is 1. The van der Waals surface area contributed by atoms with Crippen molar-refractivity contribution in [3.63, 3.8) is 0 Å². The smallest absolute Gasteiger partial charge is 0.339 e. The zero-order valence-corrected chi connectivity index (χ0v) is 10.7. The predicted molar refractivity (Wildman–Crippen MR) is 70.8 cm³/mol. The van der Waals surface area contributed by atoms with Crippen LogP contribution in [0.1, 0.15) is 15.9 Å². The molecule has 1 N–H and O–H groups in total. The van der Waals surface area contributed by atoms with Crippen LogP contribution in [0.4, 0.5) is 10.1 Å². The van der Waals surface area contributed by atoms with E-state index in [9.17, 15) is 19.3 Å². The summed E-state index contributed by atoms with van der Waals surface area (Å²) in [5.74, 6) is -2.16. The molecule has 0 saturated heterocycles. The molecule has 0 unspecified atom stereocenters. The van der Waals surface area contributed by atoms with Crippen LogP contribution in [0.2, 0.25) is 0 Å². The molecule has 0 spiro atoms. The highest BCUT2D eigenvalue weighted by molar-refractivity contribution is 5.92. The normalized spacial score (nSPS) is 10.1. The minimum atomic E-state index is -1.34. The molecule has 2 aromatic carbocycles. The Hall–Kier alpha value is -2.96. The van der Waals surface area contributed by atoms with Crippen molar-refractivity contribution >= 4 is 11.7 Å². The van der Waals surface area contributed by atoms with Gasteiger partial charge in [-0.3, -0.25) is 10.1 Å². The predicted octanol–water partition coefficient (Wildman–Crippen LogP) is 3.01. The Morgan fingerprint density at radius 3 is 2.62 bits per heavy atom. The maximum atomic E-state index is 13.1. The van der Waals surface area contributed by atoms with E-state index in [1.54, 1.807) is 6.07 Å². The number of carbonyl (C=O) groups is 1. The van der Waals surface area contributed by atoms with Gasteiger partial charge in [-0.15, -0.1) is 0 Å². The van der Waals surface area contributed by atoms with Gasteiger partial charge in [-0.1, -0.05) is 18.2 Å². The second-order valence-corrected chi connectivity index (χ2v) is 4.13. The Kier molecular flexibility index (Phi) is 4.13. The number of benzene rings is 2. The lowest BCUT2D eigenvalue weighted by molar-refractivity contribution is -0.386. The summed E-state index contributed by atoms with van der Waals surface area (Å²) in [5, 5.41) is 20.0. The molecule has 0 saturated carbocycles. The average Bonchev–Trinajstić information content (AvgIpc) is 2.44. The first-order valence-corrected chi connectivity index (χ1v) is 5.87. The van der Waals surface area contributed by atoms with E-state index in [-0.39, 0.29) is 17.9 Å². The molecule has 2 aromatic rings. The lowest BCUT2D eigenvalue weighted by Gasteiger charge is -2.09. The van der Waals surface area contributed by atoms with E-state index in [0.29, 0.717) is 5.56 Å². The summed E-state index contributed by atoms with van der Waals surface area (Å²) >= 11 is 0. The van der Waals surface area contributed by atoms with Crippen LogP contribution in [0.3, 0.4) is 0 Å². The van der Waals surface area contributed by atoms with E-state index in [1.807, 2.05) is 0 Å². The number of carboxylic acids is 1. The van der Waals surface area contributed by atoms with Crippen LogP contribution in [-0.2, 0) is 6.61 Å². The number of carboxylic acid groups (broad SMARTS) is 1. The second kappa shape index (κ2) is 6.00. The van der Waals surface area contributed by atoms with Crippen LogP contribution in [-0.4, -0.2) is 16.0 Å². The summed E-state index contributed by atoms with van der Waals surface area (Å²) in [6, 6.07) is 9.09. The van der Waals surface area contributed by atoms with E-state index in [2.05, 4.69) is 0 Å². The zero-order chi connectivity index (χ0) is 15.4. The maximum Gasteiger partial charge on any atom is 0.339 e. The highest BCUT2D eigenvalue weighted by Gasteiger charge is 2.23. The maximum absolute atomic E-state index is 13.1. The van der Waals surface area contributed by atoms with Gasteiger partial charge in [0.2, 0.25) is 5.75 Å². The van der Waals surface area contributed by atoms with Crippen molar-refractivity contribution in [1.29, 1.82) is 0 Å². The summed E-state index contributed by atoms with van der Waals surface area (Å²) in [7, 11) is 0. The summed E-state index contributed by atoms with van der Waals surface area (Å²) in [5.41, 5.74) is -0.337. The van der Waals surface area contributed by atoms with Crippen molar-refractivity contribution in [2.24, 2.45) is 0 Å². The van der Waals surface area contributed by atoms with Crippen molar-refractivity contribution in [3.8, 4) is 5.75 Å². The van der Waals surface area contributed by atoms with E-state index < -0.39 is 22.4 Å². The molecular formula is C14H10FNO5. The van der Waals surface area contributed by atoms with E-state index in [1.165, 1.54) is 30.3 Å². The first-order valence-electron chi connectivity index (χ1n) is 5.87. The van der Waals surface area contributed by atoms with Gasteiger partial charge in [0.25, 0.3) is 0 Å². The largest absolute Gasteiger partial charge is 0.481 e. The molecule has 0 aliphatic rings. The second-order valence-electron chi connectivity index (χ2n) is 4.13. The van der Waals surface area contributed by atoms with Crippen molar-refractivity contribution in [2.45, 2.75) is 6.61 Å². The number of rotatable bonds is 5. The van der Waals surface area contributed by atoms with Crippen molar-refractivity contribution < 1.29 is 24.0 Å². The van der Waals surface area contributed by atoms with Crippen LogP contribution >= 0.6 is 0 Å². The molecule has 0 atom stereocenters. The topological polar surface area (TPSA) is 89.7 Å². The van der Waals surface area contributed by atoms with Gasteiger partial charge < -0.3 is 9.84 Å². The van der Waals surface area contributed by atoms with Crippen LogP contribution in [0.25, 0.3) is 0 Å². The molecule has 108 valence electrons. The first kappa shape index (κ1) is 14.4. The third kappa shape index (κ3) is 3.33. The number of hydrogen-bond donors (Lipinski definition) is 1. The van der Waals surface area contributed by atoms with Crippen LogP contribution in [0, 0.1) is 15.9 Å². The Morgan fingerprint density at radius 2 is 2.00 bits per heavy atom. The van der Waals surface area contributed by atoms with Crippen LogP contribution in [0.15, 0.2) is 42.5 Å². The lowest BCUT2D eigenvalue weighted by atomic mass is 10.1. The standard InChI is InChI=1S/C14H10FNO5/c15-10-4-1-3-9(7-10)8-21-13-11(14(17)18)5-2-6-12(13)16(19)20/h1-7H,8H2,(H,17,18). The fraction of sp³-hybridized carbons (Fsp3) is 0.0714. The SMILES string of the molecule is O=C(O)c1cccc([N+](=O)[O-])c1OCc1cccc(F)c1. The van der Waals surface area contributed by atoms with Gasteiger partial charge in [-0.2, -0.15) is 0 Å². The van der Waals surface area contributed by atoms with E-state index >= 15 is 0 Å². The molecule has 21 heavy (non-hydrogen) atoms. The number of aromatic carboxylic acids is 1. The van der Waals surface area contributed by atoms with Gasteiger partial charge in [0.05, 0.1) is 4.92 Å². The number of ether oxygens (including phenoxy) is 1. The zero-order valence-electron chi connectivity index (χ0n) is 10.7. The molecule has 0 aliphatic heterocycles. The molecular weight excluding hydrogens is 281 g/mol. The molecule has 6 nitrogen and oxygen atoms in total. The number of nitrogens with zero attached hydrogens (tertiary/aromatic N) is 1. The Balaban J connectivity index is 2.33.